The van der Waals surface area contributed by atoms with Gasteiger partial charge < -0.3 is 10.6 Å². The SMILES string of the molecule is Cc1ccc(C(C)NC(=O)CC2CCNC2)cc1F. The molecule has 1 amide bonds. The molecule has 1 aliphatic heterocycles. The van der Waals surface area contributed by atoms with Gasteiger partial charge in [-0.1, -0.05) is 12.1 Å². The van der Waals surface area contributed by atoms with Crippen LogP contribution in [0.3, 0.4) is 0 Å². The van der Waals surface area contributed by atoms with Crippen LogP contribution in [0.15, 0.2) is 18.2 Å². The van der Waals surface area contributed by atoms with Gasteiger partial charge in [0.15, 0.2) is 0 Å². The van der Waals surface area contributed by atoms with Crippen molar-refractivity contribution in [3.05, 3.63) is 35.1 Å². The van der Waals surface area contributed by atoms with Gasteiger partial charge >= 0.3 is 0 Å². The molecule has 1 saturated heterocycles. The van der Waals surface area contributed by atoms with Crippen LogP contribution in [0.1, 0.15) is 36.9 Å². The summed E-state index contributed by atoms with van der Waals surface area (Å²) in [6.45, 7) is 5.53. The first-order chi connectivity index (χ1) is 9.06. The van der Waals surface area contributed by atoms with Crippen molar-refractivity contribution in [2.24, 2.45) is 5.92 Å². The Morgan fingerprint density at radius 1 is 1.58 bits per heavy atom. The maximum Gasteiger partial charge on any atom is 0.220 e. The average Bonchev–Trinajstić information content (AvgIpc) is 2.85. The molecule has 1 heterocycles. The third-order valence-corrected chi connectivity index (χ3v) is 3.71. The Kier molecular flexibility index (Phi) is 4.53. The average molecular weight is 264 g/mol. The molecular formula is C15H21FN2O. The number of rotatable bonds is 4. The minimum atomic E-state index is -0.224. The van der Waals surface area contributed by atoms with Gasteiger partial charge in [-0.3, -0.25) is 4.79 Å². The second-order valence-electron chi connectivity index (χ2n) is 5.36. The van der Waals surface area contributed by atoms with Gasteiger partial charge in [0.1, 0.15) is 5.82 Å². The number of hydrogen-bond donors (Lipinski definition) is 2. The Bertz CT molecular complexity index is 455. The quantitative estimate of drug-likeness (QED) is 0.876. The Balaban J connectivity index is 1.90. The molecule has 0 aliphatic carbocycles. The third kappa shape index (κ3) is 3.77. The van der Waals surface area contributed by atoms with Crippen molar-refractivity contribution in [1.29, 1.82) is 0 Å². The highest BCUT2D eigenvalue weighted by Gasteiger charge is 2.19. The summed E-state index contributed by atoms with van der Waals surface area (Å²) in [7, 11) is 0. The smallest absolute Gasteiger partial charge is 0.220 e. The molecule has 1 fully saturated rings. The van der Waals surface area contributed by atoms with Crippen molar-refractivity contribution in [3.8, 4) is 0 Å². The molecule has 1 aromatic carbocycles. The molecule has 0 saturated carbocycles. The minimum absolute atomic E-state index is 0.0437. The van der Waals surface area contributed by atoms with E-state index in [4.69, 9.17) is 0 Å². The molecule has 1 aliphatic rings. The number of halogens is 1. The van der Waals surface area contributed by atoms with Gasteiger partial charge in [0, 0.05) is 6.42 Å². The van der Waals surface area contributed by atoms with Crippen molar-refractivity contribution in [3.63, 3.8) is 0 Å². The molecule has 0 bridgehead atoms. The molecule has 2 N–H and O–H groups in total. The van der Waals surface area contributed by atoms with Crippen molar-refractivity contribution in [2.45, 2.75) is 32.7 Å². The molecule has 0 spiro atoms. The predicted octanol–water partition coefficient (Wildman–Crippen LogP) is 2.31. The Morgan fingerprint density at radius 3 is 3.00 bits per heavy atom. The van der Waals surface area contributed by atoms with Gasteiger partial charge in [-0.2, -0.15) is 0 Å². The summed E-state index contributed by atoms with van der Waals surface area (Å²) in [6, 6.07) is 4.95. The highest BCUT2D eigenvalue weighted by atomic mass is 19.1. The normalized spacial score (nSPS) is 20.3. The molecule has 2 atom stereocenters. The molecule has 19 heavy (non-hydrogen) atoms. The van der Waals surface area contributed by atoms with E-state index >= 15 is 0 Å². The molecule has 2 unspecified atom stereocenters. The highest BCUT2D eigenvalue weighted by Crippen LogP contribution is 2.17. The number of hydrogen-bond acceptors (Lipinski definition) is 2. The Morgan fingerprint density at radius 2 is 2.37 bits per heavy atom. The molecule has 0 radical (unpaired) electrons. The van der Waals surface area contributed by atoms with E-state index in [1.54, 1.807) is 13.0 Å². The van der Waals surface area contributed by atoms with Gasteiger partial charge in [-0.05, 0) is 56.5 Å². The van der Waals surface area contributed by atoms with E-state index in [9.17, 15) is 9.18 Å². The van der Waals surface area contributed by atoms with Crippen molar-refractivity contribution < 1.29 is 9.18 Å². The van der Waals surface area contributed by atoms with Crippen LogP contribution in [0.2, 0.25) is 0 Å². The zero-order valence-corrected chi connectivity index (χ0v) is 11.5. The molecular weight excluding hydrogens is 243 g/mol. The fraction of sp³-hybridized carbons (Fsp3) is 0.533. The van der Waals surface area contributed by atoms with E-state index in [1.165, 1.54) is 6.07 Å². The predicted molar refractivity (Wildman–Crippen MR) is 73.3 cm³/mol. The van der Waals surface area contributed by atoms with Crippen LogP contribution in [-0.4, -0.2) is 19.0 Å². The van der Waals surface area contributed by atoms with Gasteiger partial charge in [0.05, 0.1) is 6.04 Å². The number of benzene rings is 1. The lowest BCUT2D eigenvalue weighted by atomic mass is 10.0. The lowest BCUT2D eigenvalue weighted by molar-refractivity contribution is -0.122. The zero-order valence-electron chi connectivity index (χ0n) is 11.5. The second kappa shape index (κ2) is 6.15. The molecule has 4 heteroatoms. The van der Waals surface area contributed by atoms with Gasteiger partial charge in [0.2, 0.25) is 5.91 Å². The Hall–Kier alpha value is -1.42. The standard InChI is InChI=1S/C15H21FN2O/c1-10-3-4-13(8-14(10)16)11(2)18-15(19)7-12-5-6-17-9-12/h3-4,8,11-12,17H,5-7,9H2,1-2H3,(H,18,19). The number of carbonyl (C=O) groups is 1. The van der Waals surface area contributed by atoms with Crippen LogP contribution in [0.25, 0.3) is 0 Å². The first kappa shape index (κ1) is 14.0. The number of carbonyl (C=O) groups excluding carboxylic acids is 1. The largest absolute Gasteiger partial charge is 0.350 e. The summed E-state index contributed by atoms with van der Waals surface area (Å²) in [5, 5.41) is 6.18. The van der Waals surface area contributed by atoms with Crippen LogP contribution in [0, 0.1) is 18.7 Å². The summed E-state index contributed by atoms with van der Waals surface area (Å²) < 4.78 is 13.5. The topological polar surface area (TPSA) is 41.1 Å². The maximum atomic E-state index is 13.5. The number of amides is 1. The summed E-state index contributed by atoms with van der Waals surface area (Å²) in [5.74, 6) is 0.253. The summed E-state index contributed by atoms with van der Waals surface area (Å²) in [5.41, 5.74) is 1.43. The molecule has 1 aromatic rings. The van der Waals surface area contributed by atoms with Crippen molar-refractivity contribution in [2.75, 3.05) is 13.1 Å². The minimum Gasteiger partial charge on any atom is -0.350 e. The molecule has 3 nitrogen and oxygen atoms in total. The first-order valence-corrected chi connectivity index (χ1v) is 6.82. The van der Waals surface area contributed by atoms with Crippen LogP contribution < -0.4 is 10.6 Å². The fourth-order valence-corrected chi connectivity index (χ4v) is 2.41. The Labute approximate surface area is 113 Å². The maximum absolute atomic E-state index is 13.5. The van der Waals surface area contributed by atoms with E-state index in [1.807, 2.05) is 13.0 Å². The lowest BCUT2D eigenvalue weighted by Gasteiger charge is -2.16. The van der Waals surface area contributed by atoms with E-state index in [0.717, 1.165) is 25.1 Å². The van der Waals surface area contributed by atoms with Gasteiger partial charge in [-0.25, -0.2) is 4.39 Å². The van der Waals surface area contributed by atoms with Crippen LogP contribution in [-0.2, 0) is 4.79 Å². The van der Waals surface area contributed by atoms with E-state index in [-0.39, 0.29) is 17.8 Å². The lowest BCUT2D eigenvalue weighted by Crippen LogP contribution is -2.29. The molecule has 2 rings (SSSR count). The zero-order chi connectivity index (χ0) is 13.8. The van der Waals surface area contributed by atoms with Crippen LogP contribution >= 0.6 is 0 Å². The summed E-state index contributed by atoms with van der Waals surface area (Å²) in [6.07, 6.45) is 1.60. The van der Waals surface area contributed by atoms with Crippen molar-refractivity contribution >= 4 is 5.91 Å². The fourth-order valence-electron chi connectivity index (χ4n) is 2.41. The van der Waals surface area contributed by atoms with E-state index in [0.29, 0.717) is 17.9 Å². The summed E-state index contributed by atoms with van der Waals surface area (Å²) >= 11 is 0. The van der Waals surface area contributed by atoms with Crippen LogP contribution in [0.5, 0.6) is 0 Å². The van der Waals surface area contributed by atoms with Gasteiger partial charge in [-0.15, -0.1) is 0 Å². The van der Waals surface area contributed by atoms with Crippen LogP contribution in [0.4, 0.5) is 4.39 Å². The number of nitrogens with one attached hydrogen (secondary N) is 2. The third-order valence-electron chi connectivity index (χ3n) is 3.71. The molecule has 104 valence electrons. The van der Waals surface area contributed by atoms with Crippen molar-refractivity contribution in [1.82, 2.24) is 10.6 Å². The van der Waals surface area contributed by atoms with E-state index < -0.39 is 0 Å². The first-order valence-electron chi connectivity index (χ1n) is 6.82. The number of aryl methyl sites for hydroxylation is 1. The highest BCUT2D eigenvalue weighted by molar-refractivity contribution is 5.76. The van der Waals surface area contributed by atoms with Gasteiger partial charge in [0.25, 0.3) is 0 Å². The second-order valence-corrected chi connectivity index (χ2v) is 5.36. The monoisotopic (exact) mass is 264 g/mol. The summed E-state index contributed by atoms with van der Waals surface area (Å²) in [4.78, 5) is 11.9. The van der Waals surface area contributed by atoms with E-state index in [2.05, 4.69) is 10.6 Å². The molecule has 0 aromatic heterocycles.